The van der Waals surface area contributed by atoms with Crippen molar-refractivity contribution in [2.24, 2.45) is 0 Å². The van der Waals surface area contributed by atoms with Crippen LogP contribution in [0.5, 0.6) is 0 Å². The number of sulfone groups is 1. The Morgan fingerprint density at radius 2 is 1.78 bits per heavy atom. The molecule has 2 aromatic carbocycles. The molecule has 0 saturated carbocycles. The minimum Gasteiger partial charge on any atom is -0.369 e. The highest BCUT2D eigenvalue weighted by Gasteiger charge is 2.22. The zero-order chi connectivity index (χ0) is 19.0. The van der Waals surface area contributed by atoms with Gasteiger partial charge in [0.25, 0.3) is 0 Å². The van der Waals surface area contributed by atoms with Gasteiger partial charge in [-0.2, -0.15) is 0 Å². The van der Waals surface area contributed by atoms with E-state index in [1.165, 1.54) is 6.20 Å². The molecular formula is C21H23N3O2S. The predicted molar refractivity (Wildman–Crippen MR) is 108 cm³/mol. The molecule has 3 aromatic rings. The van der Waals surface area contributed by atoms with Gasteiger partial charge in [-0.25, -0.2) is 8.42 Å². The first-order valence-electron chi connectivity index (χ1n) is 9.10. The van der Waals surface area contributed by atoms with E-state index in [1.807, 2.05) is 12.1 Å². The lowest BCUT2D eigenvalue weighted by molar-refractivity contribution is 0.234. The highest BCUT2D eigenvalue weighted by Crippen LogP contribution is 2.27. The first-order valence-corrected chi connectivity index (χ1v) is 10.6. The topological polar surface area (TPSA) is 53.5 Å². The van der Waals surface area contributed by atoms with Gasteiger partial charge in [-0.15, -0.1) is 0 Å². The lowest BCUT2D eigenvalue weighted by Gasteiger charge is -2.39. The number of anilines is 1. The van der Waals surface area contributed by atoms with Crippen molar-refractivity contribution in [2.75, 3.05) is 31.6 Å². The molecule has 4 rings (SSSR count). The smallest absolute Gasteiger partial charge is 0.208 e. The Labute approximate surface area is 160 Å². The maximum atomic E-state index is 12.9. The van der Waals surface area contributed by atoms with E-state index in [-0.39, 0.29) is 9.79 Å². The number of likely N-dealkylation sites (N-methyl/N-ethyl adjacent to an activating group) is 1. The predicted octanol–water partition coefficient (Wildman–Crippen LogP) is 3.21. The number of pyridine rings is 1. The van der Waals surface area contributed by atoms with Gasteiger partial charge in [-0.3, -0.25) is 4.98 Å². The van der Waals surface area contributed by atoms with Gasteiger partial charge >= 0.3 is 0 Å². The molecule has 0 unspecified atom stereocenters. The van der Waals surface area contributed by atoms with E-state index in [1.54, 1.807) is 36.4 Å². The number of fused-ring (bicyclic) bond motifs is 1. The second kappa shape index (κ2) is 6.94. The van der Waals surface area contributed by atoms with Crippen molar-refractivity contribution in [1.29, 1.82) is 0 Å². The van der Waals surface area contributed by atoms with Gasteiger partial charge < -0.3 is 9.80 Å². The number of nitrogens with zero attached hydrogens (tertiary/aromatic N) is 3. The van der Waals surface area contributed by atoms with Crippen LogP contribution in [0.2, 0.25) is 0 Å². The van der Waals surface area contributed by atoms with Gasteiger partial charge in [0.1, 0.15) is 0 Å². The first kappa shape index (κ1) is 17.9. The SMILES string of the molecule is C[C@H]1CN(c2ccc3ncc(S(=O)(=O)c4ccccc4)cc3c2)CCN1C. The quantitative estimate of drug-likeness (QED) is 0.697. The van der Waals surface area contributed by atoms with Gasteiger partial charge in [0.15, 0.2) is 0 Å². The summed E-state index contributed by atoms with van der Waals surface area (Å²) in [7, 11) is -1.42. The van der Waals surface area contributed by atoms with E-state index < -0.39 is 9.84 Å². The minimum atomic E-state index is -3.57. The number of rotatable bonds is 3. The van der Waals surface area contributed by atoms with Gasteiger partial charge in [-0.05, 0) is 50.4 Å². The summed E-state index contributed by atoms with van der Waals surface area (Å²) in [5.74, 6) is 0. The monoisotopic (exact) mass is 381 g/mol. The lowest BCUT2D eigenvalue weighted by atomic mass is 10.1. The third kappa shape index (κ3) is 3.42. The number of hydrogen-bond acceptors (Lipinski definition) is 5. The van der Waals surface area contributed by atoms with Crippen LogP contribution in [0.1, 0.15) is 6.92 Å². The van der Waals surface area contributed by atoms with Crippen molar-refractivity contribution >= 4 is 26.4 Å². The summed E-state index contributed by atoms with van der Waals surface area (Å²) >= 11 is 0. The van der Waals surface area contributed by atoms with Gasteiger partial charge in [0.2, 0.25) is 9.84 Å². The number of benzene rings is 2. The van der Waals surface area contributed by atoms with Crippen molar-refractivity contribution in [2.45, 2.75) is 22.8 Å². The molecule has 1 aromatic heterocycles. The third-order valence-electron chi connectivity index (χ3n) is 5.33. The number of piperazine rings is 1. The van der Waals surface area contributed by atoms with Crippen molar-refractivity contribution in [3.05, 3.63) is 60.8 Å². The summed E-state index contributed by atoms with van der Waals surface area (Å²) in [6, 6.07) is 16.8. The summed E-state index contributed by atoms with van der Waals surface area (Å²) in [4.78, 5) is 9.59. The van der Waals surface area contributed by atoms with Crippen LogP contribution in [-0.4, -0.2) is 51.0 Å². The maximum Gasteiger partial charge on any atom is 0.208 e. The standard InChI is InChI=1S/C21H23N3O2S/c1-16-15-24(11-10-23(16)2)18-8-9-21-17(12-18)13-20(14-22-21)27(25,26)19-6-4-3-5-7-19/h3-9,12-14,16H,10-11,15H2,1-2H3/t16-/m0/s1. The Hall–Kier alpha value is -2.44. The molecule has 1 fully saturated rings. The van der Waals surface area contributed by atoms with Crippen molar-refractivity contribution in [1.82, 2.24) is 9.88 Å². The Bertz CT molecular complexity index is 1070. The Kier molecular flexibility index (Phi) is 4.61. The van der Waals surface area contributed by atoms with Crippen LogP contribution < -0.4 is 4.90 Å². The van der Waals surface area contributed by atoms with Crippen LogP contribution in [0.15, 0.2) is 70.6 Å². The molecule has 2 heterocycles. The number of aromatic nitrogens is 1. The fraction of sp³-hybridized carbons (Fsp3) is 0.286. The molecule has 0 bridgehead atoms. The lowest BCUT2D eigenvalue weighted by Crippen LogP contribution is -2.50. The van der Waals surface area contributed by atoms with Crippen LogP contribution in [-0.2, 0) is 9.84 Å². The Morgan fingerprint density at radius 3 is 2.52 bits per heavy atom. The molecule has 0 spiro atoms. The maximum absolute atomic E-state index is 12.9. The Balaban J connectivity index is 1.72. The molecule has 0 amide bonds. The summed E-state index contributed by atoms with van der Waals surface area (Å²) in [5, 5.41) is 0.844. The third-order valence-corrected chi connectivity index (χ3v) is 7.07. The molecule has 1 atom stereocenters. The molecule has 0 N–H and O–H groups in total. The van der Waals surface area contributed by atoms with Crippen molar-refractivity contribution in [3.63, 3.8) is 0 Å². The van der Waals surface area contributed by atoms with E-state index in [0.29, 0.717) is 6.04 Å². The largest absolute Gasteiger partial charge is 0.369 e. The summed E-state index contributed by atoms with van der Waals surface area (Å²) in [6.07, 6.45) is 1.45. The number of hydrogen-bond donors (Lipinski definition) is 0. The molecule has 1 aliphatic rings. The molecule has 1 saturated heterocycles. The van der Waals surface area contributed by atoms with Crippen molar-refractivity contribution in [3.8, 4) is 0 Å². The average Bonchev–Trinajstić information content (AvgIpc) is 2.70. The summed E-state index contributed by atoms with van der Waals surface area (Å²) < 4.78 is 25.8. The molecule has 0 aliphatic carbocycles. The molecular weight excluding hydrogens is 358 g/mol. The van der Waals surface area contributed by atoms with Crippen LogP contribution in [0.4, 0.5) is 5.69 Å². The zero-order valence-electron chi connectivity index (χ0n) is 15.5. The van der Waals surface area contributed by atoms with E-state index >= 15 is 0 Å². The fourth-order valence-corrected chi connectivity index (χ4v) is 4.72. The second-order valence-electron chi connectivity index (χ2n) is 7.14. The van der Waals surface area contributed by atoms with Gasteiger partial charge in [-0.1, -0.05) is 18.2 Å². The first-order chi connectivity index (χ1) is 12.9. The molecule has 27 heavy (non-hydrogen) atoms. The van der Waals surface area contributed by atoms with Crippen LogP contribution >= 0.6 is 0 Å². The van der Waals surface area contributed by atoms with Crippen molar-refractivity contribution < 1.29 is 8.42 Å². The summed E-state index contributed by atoms with van der Waals surface area (Å²) in [6.45, 7) is 5.15. The van der Waals surface area contributed by atoms with Gasteiger partial charge in [0, 0.05) is 42.9 Å². The Morgan fingerprint density at radius 1 is 1.00 bits per heavy atom. The fourth-order valence-electron chi connectivity index (χ4n) is 3.46. The zero-order valence-corrected chi connectivity index (χ0v) is 16.4. The average molecular weight is 382 g/mol. The van der Waals surface area contributed by atoms with Crippen LogP contribution in [0.3, 0.4) is 0 Å². The molecule has 6 heteroatoms. The van der Waals surface area contributed by atoms with E-state index in [9.17, 15) is 8.42 Å². The van der Waals surface area contributed by atoms with E-state index in [4.69, 9.17) is 0 Å². The highest BCUT2D eigenvalue weighted by atomic mass is 32.2. The molecule has 0 radical (unpaired) electrons. The van der Waals surface area contributed by atoms with Crippen LogP contribution in [0.25, 0.3) is 10.9 Å². The highest BCUT2D eigenvalue weighted by molar-refractivity contribution is 7.91. The van der Waals surface area contributed by atoms with E-state index in [0.717, 1.165) is 36.2 Å². The normalized spacial score (nSPS) is 18.7. The van der Waals surface area contributed by atoms with Gasteiger partial charge in [0.05, 0.1) is 15.3 Å². The van der Waals surface area contributed by atoms with E-state index in [2.05, 4.69) is 34.8 Å². The van der Waals surface area contributed by atoms with Crippen LogP contribution in [0, 0.1) is 0 Å². The molecule has 140 valence electrons. The second-order valence-corrected chi connectivity index (χ2v) is 9.09. The molecule has 1 aliphatic heterocycles. The minimum absolute atomic E-state index is 0.227. The summed E-state index contributed by atoms with van der Waals surface area (Å²) in [5.41, 5.74) is 1.91. The molecule has 5 nitrogen and oxygen atoms in total.